The van der Waals surface area contributed by atoms with E-state index in [1.165, 1.54) is 12.1 Å². The first-order chi connectivity index (χ1) is 36.6. The maximum Gasteiger partial charge on any atom is 0.336 e. The predicted octanol–water partition coefficient (Wildman–Crippen LogP) is 7.21. The molecule has 18 nitrogen and oxygen atoms in total. The number of rotatable bonds is 22. The summed E-state index contributed by atoms with van der Waals surface area (Å²) < 4.78 is 27.5. The summed E-state index contributed by atoms with van der Waals surface area (Å²) in [4.78, 5) is 60.4. The minimum absolute atomic E-state index is 0.0134. The Balaban J connectivity index is 0.794. The van der Waals surface area contributed by atoms with Gasteiger partial charge in [-0.15, -0.1) is 21.5 Å². The Morgan fingerprint density at radius 3 is 2.20 bits per heavy atom. The number of ether oxygens (including phenoxy) is 3. The molecule has 76 heavy (non-hydrogen) atoms. The number of benzene rings is 4. The number of nitrogens with zero attached hydrogens (tertiary/aromatic N) is 6. The van der Waals surface area contributed by atoms with Crippen LogP contribution in [0.2, 0.25) is 0 Å². The summed E-state index contributed by atoms with van der Waals surface area (Å²) in [5, 5.41) is 30.8. The quantitative estimate of drug-likeness (QED) is 0.0230. The smallest absolute Gasteiger partial charge is 0.336 e. The number of aromatic nitrogens is 3. The largest absolute Gasteiger partial charge is 0.478 e. The highest BCUT2D eigenvalue weighted by atomic mass is 32.1. The molecular weight excluding hydrogens is 987 g/mol. The lowest BCUT2D eigenvalue weighted by atomic mass is 9.89. The Labute approximate surface area is 445 Å². The molecular formula is C57H64N9O9S+. The zero-order valence-corrected chi connectivity index (χ0v) is 44.9. The number of aromatic carboxylic acids is 1. The van der Waals surface area contributed by atoms with E-state index in [1.54, 1.807) is 23.5 Å². The van der Waals surface area contributed by atoms with Gasteiger partial charge < -0.3 is 44.6 Å². The van der Waals surface area contributed by atoms with Crippen LogP contribution < -0.4 is 30.8 Å². The molecule has 3 amide bonds. The van der Waals surface area contributed by atoms with Crippen molar-refractivity contribution in [2.45, 2.75) is 40.2 Å². The van der Waals surface area contributed by atoms with Gasteiger partial charge >= 0.3 is 5.97 Å². The van der Waals surface area contributed by atoms with Crippen LogP contribution in [0.5, 0.6) is 0 Å². The number of aryl methyl sites for hydroxylation is 2. The van der Waals surface area contributed by atoms with Crippen LogP contribution in [-0.4, -0.2) is 130 Å². The van der Waals surface area contributed by atoms with Gasteiger partial charge in [0.25, 0.3) is 5.91 Å². The predicted molar refractivity (Wildman–Crippen MR) is 295 cm³/mol. The summed E-state index contributed by atoms with van der Waals surface area (Å²) in [6.07, 6.45) is 1.71. The highest BCUT2D eigenvalue weighted by Crippen LogP contribution is 2.43. The second kappa shape index (κ2) is 24.2. The van der Waals surface area contributed by atoms with E-state index in [0.717, 1.165) is 54.3 Å². The first-order valence-corrected chi connectivity index (χ1v) is 25.9. The van der Waals surface area contributed by atoms with Crippen LogP contribution in [0.1, 0.15) is 73.3 Å². The second-order valence-electron chi connectivity index (χ2n) is 18.7. The molecule has 19 heteroatoms. The summed E-state index contributed by atoms with van der Waals surface area (Å²) in [5.41, 5.74) is 7.86. The van der Waals surface area contributed by atoms with E-state index in [-0.39, 0.29) is 55.9 Å². The molecule has 0 saturated carbocycles. The van der Waals surface area contributed by atoms with Crippen molar-refractivity contribution in [2.24, 2.45) is 10.9 Å². The fourth-order valence-electron chi connectivity index (χ4n) is 9.13. The summed E-state index contributed by atoms with van der Waals surface area (Å²) in [6.45, 7) is 13.7. The van der Waals surface area contributed by atoms with Crippen LogP contribution in [0.25, 0.3) is 38.4 Å². The van der Waals surface area contributed by atoms with E-state index in [4.69, 9.17) is 23.6 Å². The lowest BCUT2D eigenvalue weighted by molar-refractivity contribution is -0.126. The minimum atomic E-state index is -1.16. The topological polar surface area (TPSA) is 215 Å². The number of fused-ring (bicyclic) bond motifs is 5. The van der Waals surface area contributed by atoms with Crippen molar-refractivity contribution >= 4 is 63.1 Å². The van der Waals surface area contributed by atoms with Crippen LogP contribution in [0.3, 0.4) is 0 Å². The molecule has 1 aliphatic carbocycles. The standard InChI is InChI=1S/C57H63N9O9S/c1-10-41(52-53-63-62-35(5)66(53)56-49(33(3)34(4)76-56)51(61-52)36-12-15-38(16-13-36)60-48(67)11-2)55(69)59-23-25-73-27-29-74-28-26-72-24-22-58-54(68)37-14-19-42(45(30-37)57(70)71)50-43-20-17-39(64(6)7)31-46(43)75-47-32-40(65(8)9)18-21-44(47)50/h11-21,30-32,41,52H,2,10,22-29H2,1,3-9H3,(H3-,58,59,60,61,67,68,69,70,71)/p+1/t41?,52-/m0/s1. The van der Waals surface area contributed by atoms with Crippen LogP contribution in [0.15, 0.2) is 101 Å². The lowest BCUT2D eigenvalue weighted by Gasteiger charge is -2.22. The number of anilines is 2. The van der Waals surface area contributed by atoms with E-state index in [9.17, 15) is 24.3 Å². The van der Waals surface area contributed by atoms with E-state index >= 15 is 0 Å². The number of carboxylic acids is 1. The average molecular weight is 1050 g/mol. The zero-order chi connectivity index (χ0) is 54.2. The monoisotopic (exact) mass is 1050 g/mol. The number of hydrogen-bond acceptors (Lipinski definition) is 13. The Bertz CT molecular complexity index is 3390. The molecule has 0 saturated heterocycles. The molecule has 0 bridgehead atoms. The lowest BCUT2D eigenvalue weighted by Crippen LogP contribution is -2.36. The molecule has 0 radical (unpaired) electrons. The molecule has 1 unspecified atom stereocenters. The van der Waals surface area contributed by atoms with Gasteiger partial charge in [-0.25, -0.2) is 9.37 Å². The molecule has 0 spiro atoms. The third-order valence-electron chi connectivity index (χ3n) is 13.3. The number of amides is 3. The first-order valence-electron chi connectivity index (χ1n) is 25.1. The molecule has 3 aliphatic rings. The van der Waals surface area contributed by atoms with E-state index in [0.29, 0.717) is 66.0 Å². The van der Waals surface area contributed by atoms with E-state index < -0.39 is 23.8 Å². The van der Waals surface area contributed by atoms with Crippen molar-refractivity contribution in [2.75, 3.05) is 91.1 Å². The number of carboxylic acid groups (broad SMARTS) is 1. The highest BCUT2D eigenvalue weighted by Gasteiger charge is 2.38. The van der Waals surface area contributed by atoms with Crippen molar-refractivity contribution in [1.82, 2.24) is 30.0 Å². The van der Waals surface area contributed by atoms with Gasteiger partial charge in [-0.3, -0.25) is 23.9 Å². The molecule has 2 aromatic heterocycles. The van der Waals surface area contributed by atoms with E-state index in [1.807, 2.05) is 117 Å². The van der Waals surface area contributed by atoms with Crippen molar-refractivity contribution < 1.29 is 42.9 Å². The van der Waals surface area contributed by atoms with Crippen LogP contribution in [-0.2, 0) is 23.8 Å². The fourth-order valence-corrected chi connectivity index (χ4v) is 10.3. The highest BCUT2D eigenvalue weighted by molar-refractivity contribution is 7.15. The molecule has 0 fully saturated rings. The molecule has 4 N–H and O–H groups in total. The molecule has 3 aromatic carbocycles. The van der Waals surface area contributed by atoms with Crippen LogP contribution in [0.4, 0.5) is 11.4 Å². The molecule has 4 heterocycles. The van der Waals surface area contributed by atoms with Gasteiger partial charge in [-0.1, -0.05) is 31.7 Å². The van der Waals surface area contributed by atoms with Gasteiger partial charge in [0, 0.05) is 88.8 Å². The Kier molecular flexibility index (Phi) is 17.3. The minimum Gasteiger partial charge on any atom is -0.478 e. The first kappa shape index (κ1) is 54.4. The van der Waals surface area contributed by atoms with Gasteiger partial charge in [0.2, 0.25) is 17.2 Å². The number of carbonyl (C=O) groups excluding carboxylic acids is 3. The van der Waals surface area contributed by atoms with Gasteiger partial charge in [-0.2, -0.15) is 0 Å². The maximum absolute atomic E-state index is 13.9. The van der Waals surface area contributed by atoms with Gasteiger partial charge in [0.15, 0.2) is 5.82 Å². The summed E-state index contributed by atoms with van der Waals surface area (Å²) >= 11 is 1.64. The normalized spacial score (nSPS) is 13.3. The number of thiophene rings is 1. The summed E-state index contributed by atoms with van der Waals surface area (Å²) in [7, 11) is 7.77. The van der Waals surface area contributed by atoms with Crippen molar-refractivity contribution in [3.8, 4) is 27.5 Å². The Hall–Kier alpha value is -7.84. The SMILES string of the molecule is C=CC(=O)Nc1ccc(C2=N[C@@H](C(CC)C(=O)NCCOCCOCCOCCNC(=O)c3ccc(-c4c5ccc(=[N+](C)C)cc-5oc5cc(N(C)C)ccc45)c(C(=O)O)c3)c3nnc(C)n3-c3sc(C)c(C)c32)cc1. The number of nitrogens with one attached hydrogen (secondary N) is 3. The number of hydrogen-bond donors (Lipinski definition) is 4. The Morgan fingerprint density at radius 2 is 1.54 bits per heavy atom. The van der Waals surface area contributed by atoms with Crippen LogP contribution in [0, 0.1) is 26.7 Å². The average Bonchev–Trinajstić information content (AvgIpc) is 3.94. The summed E-state index contributed by atoms with van der Waals surface area (Å²) in [5.74, 6) is -0.757. The van der Waals surface area contributed by atoms with Gasteiger partial charge in [0.05, 0.1) is 62.9 Å². The van der Waals surface area contributed by atoms with Crippen molar-refractivity contribution in [1.29, 1.82) is 0 Å². The molecule has 2 aliphatic heterocycles. The maximum atomic E-state index is 13.9. The van der Waals surface area contributed by atoms with E-state index in [2.05, 4.69) is 46.6 Å². The number of aliphatic imine (C=N–C) groups is 1. The molecule has 396 valence electrons. The Morgan fingerprint density at radius 1 is 0.855 bits per heavy atom. The van der Waals surface area contributed by atoms with Gasteiger partial charge in [0.1, 0.15) is 42.3 Å². The second-order valence-corrected chi connectivity index (χ2v) is 19.9. The van der Waals surface area contributed by atoms with Crippen molar-refractivity contribution in [3.05, 3.63) is 141 Å². The fraction of sp³-hybridized carbons (Fsp3) is 0.333. The number of carbonyl (C=O) groups is 4. The van der Waals surface area contributed by atoms with Gasteiger partial charge in [-0.05, 0) is 86.9 Å². The van der Waals surface area contributed by atoms with Crippen LogP contribution >= 0.6 is 11.3 Å². The molecule has 2 atom stereocenters. The zero-order valence-electron chi connectivity index (χ0n) is 44.1. The van der Waals surface area contributed by atoms with Crippen molar-refractivity contribution in [3.63, 3.8) is 0 Å². The molecule has 5 aromatic rings. The third-order valence-corrected chi connectivity index (χ3v) is 14.5. The third kappa shape index (κ3) is 11.8. The molecule has 8 rings (SSSR count). The summed E-state index contributed by atoms with van der Waals surface area (Å²) in [6, 6.07) is 23.2.